The van der Waals surface area contributed by atoms with Crippen molar-refractivity contribution >= 4 is 5.91 Å². The van der Waals surface area contributed by atoms with Crippen LogP contribution in [0.4, 0.5) is 0 Å². The van der Waals surface area contributed by atoms with Crippen molar-refractivity contribution in [2.24, 2.45) is 0 Å². The largest absolute Gasteiger partial charge is 0.496 e. The summed E-state index contributed by atoms with van der Waals surface area (Å²) in [6, 6.07) is 15.3. The highest BCUT2D eigenvalue weighted by atomic mass is 16.5. The third-order valence-electron chi connectivity index (χ3n) is 4.45. The fraction of sp³-hybridized carbons (Fsp3) is 0.381. The highest BCUT2D eigenvalue weighted by Crippen LogP contribution is 2.17. The molecule has 0 atom stereocenters. The number of rotatable bonds is 7. The summed E-state index contributed by atoms with van der Waals surface area (Å²) in [5.41, 5.74) is 2.69. The summed E-state index contributed by atoms with van der Waals surface area (Å²) in [4.78, 5) is 12.4. The summed E-state index contributed by atoms with van der Waals surface area (Å²) >= 11 is 0. The molecule has 1 amide bonds. The van der Waals surface area contributed by atoms with Gasteiger partial charge in [0.25, 0.3) is 5.91 Å². The molecule has 3 rings (SSSR count). The van der Waals surface area contributed by atoms with Crippen molar-refractivity contribution < 1.29 is 19.0 Å². The average Bonchev–Trinajstić information content (AvgIpc) is 2.71. The van der Waals surface area contributed by atoms with Crippen molar-refractivity contribution in [3.8, 4) is 5.75 Å². The zero-order valence-electron chi connectivity index (χ0n) is 15.1. The number of carbonyl (C=O) groups is 1. The van der Waals surface area contributed by atoms with Crippen molar-refractivity contribution in [1.82, 2.24) is 5.32 Å². The van der Waals surface area contributed by atoms with Gasteiger partial charge in [0.2, 0.25) is 0 Å². The predicted molar refractivity (Wildman–Crippen MR) is 99.2 cm³/mol. The molecule has 5 nitrogen and oxygen atoms in total. The van der Waals surface area contributed by atoms with Gasteiger partial charge in [-0.25, -0.2) is 0 Å². The lowest BCUT2D eigenvalue weighted by atomic mass is 10.1. The smallest absolute Gasteiger partial charge is 0.255 e. The number of ether oxygens (including phenoxy) is 3. The van der Waals surface area contributed by atoms with E-state index >= 15 is 0 Å². The first kappa shape index (κ1) is 18.4. The normalized spacial score (nSPS) is 14.8. The summed E-state index contributed by atoms with van der Waals surface area (Å²) < 4.78 is 16.6. The molecule has 5 heteroatoms. The van der Waals surface area contributed by atoms with E-state index in [1.54, 1.807) is 19.2 Å². The Morgan fingerprint density at radius 2 is 1.88 bits per heavy atom. The highest BCUT2D eigenvalue weighted by molar-refractivity contribution is 5.96. The van der Waals surface area contributed by atoms with E-state index in [1.807, 2.05) is 30.3 Å². The van der Waals surface area contributed by atoms with Gasteiger partial charge in [-0.1, -0.05) is 36.4 Å². The standard InChI is InChI=1S/C21H25NO4/c1-24-20-8-3-2-7-19(20)21(23)22-14-16-5-4-6-17(13-16)15-26-18-9-11-25-12-10-18/h2-8,13,18H,9-12,14-15H2,1H3,(H,22,23). The molecule has 1 saturated heterocycles. The van der Waals surface area contributed by atoms with E-state index in [1.165, 1.54) is 0 Å². The topological polar surface area (TPSA) is 56.8 Å². The van der Waals surface area contributed by atoms with Gasteiger partial charge in [0.1, 0.15) is 5.75 Å². The molecule has 1 fully saturated rings. The molecule has 2 aromatic rings. The number of nitrogens with one attached hydrogen (secondary N) is 1. The molecule has 0 saturated carbocycles. The zero-order valence-corrected chi connectivity index (χ0v) is 15.1. The molecule has 1 aliphatic rings. The molecule has 0 radical (unpaired) electrons. The lowest BCUT2D eigenvalue weighted by Crippen LogP contribution is -2.24. The first-order chi connectivity index (χ1) is 12.8. The number of hydrogen-bond acceptors (Lipinski definition) is 4. The zero-order chi connectivity index (χ0) is 18.2. The summed E-state index contributed by atoms with van der Waals surface area (Å²) in [6.07, 6.45) is 2.18. The average molecular weight is 355 g/mol. The molecule has 1 heterocycles. The van der Waals surface area contributed by atoms with Gasteiger partial charge in [-0.05, 0) is 36.1 Å². The fourth-order valence-corrected chi connectivity index (χ4v) is 3.00. The Morgan fingerprint density at radius 1 is 1.12 bits per heavy atom. The van der Waals surface area contributed by atoms with E-state index in [9.17, 15) is 4.79 Å². The number of benzene rings is 2. The quantitative estimate of drug-likeness (QED) is 0.828. The van der Waals surface area contributed by atoms with E-state index in [0.29, 0.717) is 24.5 Å². The van der Waals surface area contributed by atoms with Crippen LogP contribution in [0.15, 0.2) is 48.5 Å². The Hall–Kier alpha value is -2.37. The SMILES string of the molecule is COc1ccccc1C(=O)NCc1cccc(COC2CCOCC2)c1. The molecule has 138 valence electrons. The van der Waals surface area contributed by atoms with E-state index in [4.69, 9.17) is 14.2 Å². The van der Waals surface area contributed by atoms with Crippen molar-refractivity contribution in [3.63, 3.8) is 0 Å². The van der Waals surface area contributed by atoms with Crippen molar-refractivity contribution in [3.05, 3.63) is 65.2 Å². The Kier molecular flexibility index (Phi) is 6.63. The van der Waals surface area contributed by atoms with Gasteiger partial charge in [0.15, 0.2) is 0 Å². The van der Waals surface area contributed by atoms with Gasteiger partial charge in [0.05, 0.1) is 25.4 Å². The number of methoxy groups -OCH3 is 1. The van der Waals surface area contributed by atoms with Gasteiger partial charge in [-0.3, -0.25) is 4.79 Å². The highest BCUT2D eigenvalue weighted by Gasteiger charge is 2.14. The lowest BCUT2D eigenvalue weighted by molar-refractivity contribution is -0.0390. The van der Waals surface area contributed by atoms with Crippen LogP contribution in [-0.2, 0) is 22.6 Å². The second-order valence-corrected chi connectivity index (χ2v) is 6.33. The molecule has 1 N–H and O–H groups in total. The minimum Gasteiger partial charge on any atom is -0.496 e. The van der Waals surface area contributed by atoms with Crippen molar-refractivity contribution in [2.45, 2.75) is 32.1 Å². The Bertz CT molecular complexity index is 725. The van der Waals surface area contributed by atoms with Gasteiger partial charge in [-0.15, -0.1) is 0 Å². The van der Waals surface area contributed by atoms with E-state index in [-0.39, 0.29) is 12.0 Å². The Morgan fingerprint density at radius 3 is 2.69 bits per heavy atom. The Labute approximate surface area is 154 Å². The van der Waals surface area contributed by atoms with Crippen LogP contribution in [0.2, 0.25) is 0 Å². The van der Waals surface area contributed by atoms with Crippen LogP contribution in [0.5, 0.6) is 5.75 Å². The first-order valence-electron chi connectivity index (χ1n) is 8.94. The fourth-order valence-electron chi connectivity index (χ4n) is 3.00. The number of amides is 1. The predicted octanol–water partition coefficient (Wildman–Crippen LogP) is 3.32. The van der Waals surface area contributed by atoms with Crippen LogP contribution in [0.25, 0.3) is 0 Å². The van der Waals surface area contributed by atoms with Gasteiger partial charge < -0.3 is 19.5 Å². The second-order valence-electron chi connectivity index (χ2n) is 6.33. The summed E-state index contributed by atoms with van der Waals surface area (Å²) in [6.45, 7) is 2.60. The van der Waals surface area contributed by atoms with Crippen LogP contribution in [0.3, 0.4) is 0 Å². The summed E-state index contributed by atoms with van der Waals surface area (Å²) in [5.74, 6) is 0.426. The minimum atomic E-state index is -0.147. The van der Waals surface area contributed by atoms with E-state index < -0.39 is 0 Å². The van der Waals surface area contributed by atoms with E-state index in [2.05, 4.69) is 11.4 Å². The monoisotopic (exact) mass is 355 g/mol. The first-order valence-corrected chi connectivity index (χ1v) is 8.94. The summed E-state index contributed by atoms with van der Waals surface area (Å²) in [5, 5.41) is 2.95. The number of para-hydroxylation sites is 1. The van der Waals surface area contributed by atoms with Gasteiger partial charge in [-0.2, -0.15) is 0 Å². The molecule has 0 unspecified atom stereocenters. The molecule has 2 aromatic carbocycles. The third-order valence-corrected chi connectivity index (χ3v) is 4.45. The van der Waals surface area contributed by atoms with Crippen molar-refractivity contribution in [1.29, 1.82) is 0 Å². The number of carbonyl (C=O) groups excluding carboxylic acids is 1. The lowest BCUT2D eigenvalue weighted by Gasteiger charge is -2.22. The van der Waals surface area contributed by atoms with Crippen LogP contribution < -0.4 is 10.1 Å². The van der Waals surface area contributed by atoms with Crippen LogP contribution >= 0.6 is 0 Å². The molecule has 0 aromatic heterocycles. The van der Waals surface area contributed by atoms with Crippen LogP contribution in [-0.4, -0.2) is 32.3 Å². The Balaban J connectivity index is 1.54. The van der Waals surface area contributed by atoms with Gasteiger partial charge in [0, 0.05) is 19.8 Å². The van der Waals surface area contributed by atoms with E-state index in [0.717, 1.165) is 37.2 Å². The summed E-state index contributed by atoms with van der Waals surface area (Å²) in [7, 11) is 1.56. The molecule has 0 spiro atoms. The molecule has 0 aliphatic carbocycles. The maximum absolute atomic E-state index is 12.4. The third kappa shape index (κ3) is 5.07. The molecular formula is C21H25NO4. The molecule has 0 bridgehead atoms. The van der Waals surface area contributed by atoms with Crippen LogP contribution in [0, 0.1) is 0 Å². The molecule has 26 heavy (non-hydrogen) atoms. The maximum Gasteiger partial charge on any atom is 0.255 e. The van der Waals surface area contributed by atoms with Crippen molar-refractivity contribution in [2.75, 3.05) is 20.3 Å². The maximum atomic E-state index is 12.4. The van der Waals surface area contributed by atoms with Crippen LogP contribution in [0.1, 0.15) is 34.3 Å². The molecule has 1 aliphatic heterocycles. The minimum absolute atomic E-state index is 0.147. The number of hydrogen-bond donors (Lipinski definition) is 1. The second kappa shape index (κ2) is 9.36. The molecular weight excluding hydrogens is 330 g/mol. The van der Waals surface area contributed by atoms with Gasteiger partial charge >= 0.3 is 0 Å².